The van der Waals surface area contributed by atoms with Crippen LogP contribution in [0.5, 0.6) is 0 Å². The van der Waals surface area contributed by atoms with Crippen LogP contribution < -0.4 is 0 Å². The zero-order valence-corrected chi connectivity index (χ0v) is 13.2. The molecule has 2 rings (SSSR count). The Labute approximate surface area is 124 Å². The number of halogens is 4. The fraction of sp³-hybridized carbons (Fsp3) is 0.625. The lowest BCUT2D eigenvalue weighted by Crippen LogP contribution is -2.32. The molecule has 1 fully saturated rings. The Morgan fingerprint density at radius 1 is 1.10 bits per heavy atom. The van der Waals surface area contributed by atoms with Gasteiger partial charge in [-0.25, -0.2) is 4.39 Å². The van der Waals surface area contributed by atoms with Gasteiger partial charge in [-0.3, -0.25) is 0 Å². The molecule has 21 heavy (non-hydrogen) atoms. The molecule has 1 nitrogen and oxygen atoms in total. The lowest BCUT2D eigenvalue weighted by molar-refractivity contribution is -0.137. The van der Waals surface area contributed by atoms with Crippen molar-refractivity contribution in [1.82, 2.24) is 0 Å². The van der Waals surface area contributed by atoms with Gasteiger partial charge in [-0.1, -0.05) is 40.7 Å². The Morgan fingerprint density at radius 3 is 1.95 bits per heavy atom. The number of hydrogen-bond acceptors (Lipinski definition) is 1. The maximum Gasteiger partial charge on any atom is 0.416 e. The average molecular weight is 308 g/mol. The summed E-state index contributed by atoms with van der Waals surface area (Å²) in [6.07, 6.45) is -4.50. The number of benzene rings is 1. The van der Waals surface area contributed by atoms with Crippen molar-refractivity contribution in [2.75, 3.05) is 13.2 Å². The van der Waals surface area contributed by atoms with E-state index in [9.17, 15) is 17.6 Å². The highest BCUT2D eigenvalue weighted by molar-refractivity contribution is 5.29. The second kappa shape index (κ2) is 9.03. The highest BCUT2D eigenvalue weighted by Gasteiger charge is 2.33. The van der Waals surface area contributed by atoms with Crippen LogP contribution in [0.2, 0.25) is 0 Å². The maximum atomic E-state index is 13.6. The fourth-order valence-electron chi connectivity index (χ4n) is 1.87. The topological polar surface area (TPSA) is 9.23 Å². The smallest absolute Gasteiger partial charge is 0.381 e. The molecule has 1 heterocycles. The molecule has 1 aliphatic heterocycles. The van der Waals surface area contributed by atoms with Gasteiger partial charge >= 0.3 is 6.18 Å². The van der Waals surface area contributed by atoms with Crippen molar-refractivity contribution in [2.24, 2.45) is 5.92 Å². The van der Waals surface area contributed by atoms with Gasteiger partial charge in [0.05, 0.1) is 18.8 Å². The minimum atomic E-state index is -4.50. The van der Waals surface area contributed by atoms with E-state index in [1.54, 1.807) is 6.92 Å². The molecule has 1 aromatic rings. The van der Waals surface area contributed by atoms with E-state index in [0.717, 1.165) is 6.07 Å². The van der Waals surface area contributed by atoms with E-state index >= 15 is 0 Å². The van der Waals surface area contributed by atoms with E-state index in [4.69, 9.17) is 4.74 Å². The summed E-state index contributed by atoms with van der Waals surface area (Å²) in [5.41, 5.74) is -0.623. The zero-order chi connectivity index (χ0) is 16.6. The lowest BCUT2D eigenvalue weighted by Gasteiger charge is -2.32. The van der Waals surface area contributed by atoms with E-state index in [-0.39, 0.29) is 11.8 Å². The summed E-state index contributed by atoms with van der Waals surface area (Å²) in [6.45, 7) is 10.9. The Hall–Kier alpha value is -1.10. The largest absolute Gasteiger partial charge is 0.416 e. The molecular weight excluding hydrogens is 284 g/mol. The van der Waals surface area contributed by atoms with Crippen LogP contribution in [0, 0.1) is 11.7 Å². The molecule has 0 radical (unpaired) electrons. The van der Waals surface area contributed by atoms with E-state index in [2.05, 4.69) is 0 Å². The van der Waals surface area contributed by atoms with E-state index in [0.29, 0.717) is 24.8 Å². The van der Waals surface area contributed by atoms with Gasteiger partial charge in [-0.15, -0.1) is 0 Å². The van der Waals surface area contributed by atoms with Crippen LogP contribution in [0.15, 0.2) is 18.2 Å². The fourth-order valence-corrected chi connectivity index (χ4v) is 1.87. The summed E-state index contributed by atoms with van der Waals surface area (Å²) in [4.78, 5) is 0. The Balaban J connectivity index is 0.000000921. The highest BCUT2D eigenvalue weighted by atomic mass is 19.4. The number of alkyl halides is 3. The summed E-state index contributed by atoms with van der Waals surface area (Å²) >= 11 is 0. The molecule has 122 valence electrons. The molecule has 0 saturated carbocycles. The van der Waals surface area contributed by atoms with Crippen LogP contribution in [-0.2, 0) is 10.9 Å². The van der Waals surface area contributed by atoms with Crippen molar-refractivity contribution < 1.29 is 22.3 Å². The molecule has 1 atom stereocenters. The molecule has 0 N–H and O–H groups in total. The molecule has 1 aliphatic rings. The zero-order valence-electron chi connectivity index (χ0n) is 13.2. The van der Waals surface area contributed by atoms with Crippen LogP contribution in [0.4, 0.5) is 17.6 Å². The third-order valence-electron chi connectivity index (χ3n) is 3.19. The van der Waals surface area contributed by atoms with Crippen molar-refractivity contribution in [1.29, 1.82) is 0 Å². The SMILES string of the molecule is CC.CC.CC(c1ccc(C(F)(F)F)cc1F)C1COC1. The van der Waals surface area contributed by atoms with E-state index < -0.39 is 17.6 Å². The van der Waals surface area contributed by atoms with Gasteiger partial charge in [-0.05, 0) is 23.6 Å². The van der Waals surface area contributed by atoms with E-state index in [1.165, 1.54) is 6.07 Å². The molecule has 0 bridgehead atoms. The van der Waals surface area contributed by atoms with Crippen molar-refractivity contribution in [2.45, 2.75) is 46.7 Å². The molecule has 0 aliphatic carbocycles. The normalized spacial score (nSPS) is 15.9. The molecule has 0 spiro atoms. The first kappa shape index (κ1) is 19.9. The highest BCUT2D eigenvalue weighted by Crippen LogP contribution is 2.35. The van der Waals surface area contributed by atoms with Gasteiger partial charge in [-0.2, -0.15) is 13.2 Å². The first-order valence-corrected chi connectivity index (χ1v) is 7.34. The van der Waals surface area contributed by atoms with Gasteiger partial charge in [0.15, 0.2) is 0 Å². The van der Waals surface area contributed by atoms with Crippen LogP contribution in [0.3, 0.4) is 0 Å². The van der Waals surface area contributed by atoms with Crippen molar-refractivity contribution in [3.8, 4) is 0 Å². The van der Waals surface area contributed by atoms with Gasteiger partial charge in [0, 0.05) is 5.92 Å². The van der Waals surface area contributed by atoms with Gasteiger partial charge in [0.2, 0.25) is 0 Å². The monoisotopic (exact) mass is 308 g/mol. The molecule has 1 saturated heterocycles. The summed E-state index contributed by atoms with van der Waals surface area (Å²) in [7, 11) is 0. The summed E-state index contributed by atoms with van der Waals surface area (Å²) in [5.74, 6) is -0.716. The third kappa shape index (κ3) is 5.30. The van der Waals surface area contributed by atoms with Crippen LogP contribution in [-0.4, -0.2) is 13.2 Å². The number of rotatable bonds is 2. The van der Waals surface area contributed by atoms with Crippen molar-refractivity contribution in [3.63, 3.8) is 0 Å². The van der Waals surface area contributed by atoms with Gasteiger partial charge in [0.1, 0.15) is 5.82 Å². The number of ether oxygens (including phenoxy) is 1. The molecular formula is C16H24F4O. The first-order chi connectivity index (χ1) is 9.89. The molecule has 1 unspecified atom stereocenters. The van der Waals surface area contributed by atoms with Crippen LogP contribution in [0.1, 0.15) is 51.7 Å². The summed E-state index contributed by atoms with van der Waals surface area (Å²) in [5, 5.41) is 0. The van der Waals surface area contributed by atoms with Gasteiger partial charge < -0.3 is 4.74 Å². The quantitative estimate of drug-likeness (QED) is 0.642. The first-order valence-electron chi connectivity index (χ1n) is 7.34. The molecule has 0 aromatic heterocycles. The van der Waals surface area contributed by atoms with E-state index in [1.807, 2.05) is 27.7 Å². The predicted molar refractivity (Wildman–Crippen MR) is 76.8 cm³/mol. The van der Waals surface area contributed by atoms with Crippen LogP contribution in [0.25, 0.3) is 0 Å². The van der Waals surface area contributed by atoms with Crippen molar-refractivity contribution in [3.05, 3.63) is 35.1 Å². The van der Waals surface area contributed by atoms with Crippen molar-refractivity contribution >= 4 is 0 Å². The Morgan fingerprint density at radius 2 is 1.62 bits per heavy atom. The minimum Gasteiger partial charge on any atom is -0.381 e. The number of hydrogen-bond donors (Lipinski definition) is 0. The average Bonchev–Trinajstić information content (AvgIpc) is 2.40. The predicted octanol–water partition coefficient (Wildman–Crippen LogP) is 5.65. The standard InChI is InChI=1S/C12H12F4O.2C2H6/c1-7(8-5-17-6-8)10-3-2-9(4-11(10)13)12(14,15)16;2*1-2/h2-4,7-8H,5-6H2,1H3;2*1-2H3. The molecule has 1 aromatic carbocycles. The third-order valence-corrected chi connectivity index (χ3v) is 3.19. The summed E-state index contributed by atoms with van der Waals surface area (Å²) < 4.78 is 55.7. The maximum absolute atomic E-state index is 13.6. The van der Waals surface area contributed by atoms with Crippen LogP contribution >= 0.6 is 0 Å². The Kier molecular flexibility index (Phi) is 8.55. The Bertz CT molecular complexity index is 411. The summed E-state index contributed by atoms with van der Waals surface area (Å²) in [6, 6.07) is 2.71. The second-order valence-corrected chi connectivity index (χ2v) is 4.32. The lowest BCUT2D eigenvalue weighted by atomic mass is 9.85. The molecule has 5 heteroatoms. The minimum absolute atomic E-state index is 0.119. The van der Waals surface area contributed by atoms with Gasteiger partial charge in [0.25, 0.3) is 0 Å². The molecule has 0 amide bonds. The second-order valence-electron chi connectivity index (χ2n) is 4.32.